The van der Waals surface area contributed by atoms with E-state index in [1.165, 1.54) is 6.07 Å². The molecule has 2 aromatic rings. The first-order valence-corrected chi connectivity index (χ1v) is 4.63. The highest BCUT2D eigenvalue weighted by Gasteiger charge is 2.14. The quantitative estimate of drug-likeness (QED) is 0.802. The molecule has 1 unspecified atom stereocenters. The largest absolute Gasteiger partial charge is 0.372 e. The number of hydrogen-bond donors (Lipinski definition) is 2. The van der Waals surface area contributed by atoms with Crippen molar-refractivity contribution >= 4 is 11.0 Å². The second kappa shape index (κ2) is 3.96. The number of nitrogens with zero attached hydrogens (tertiary/aromatic N) is 1. The molecule has 0 amide bonds. The summed E-state index contributed by atoms with van der Waals surface area (Å²) in [6.45, 7) is 0.304. The molecular formula is C10H12FN3O. The number of fused-ring (bicyclic) bond motifs is 1. The van der Waals surface area contributed by atoms with Gasteiger partial charge in [0.25, 0.3) is 0 Å². The number of imidazole rings is 1. The van der Waals surface area contributed by atoms with Crippen LogP contribution in [0, 0.1) is 5.82 Å². The number of hydrogen-bond acceptors (Lipinski definition) is 3. The summed E-state index contributed by atoms with van der Waals surface area (Å²) < 4.78 is 18.4. The monoisotopic (exact) mass is 209 g/mol. The first-order valence-electron chi connectivity index (χ1n) is 4.63. The van der Waals surface area contributed by atoms with Crippen molar-refractivity contribution in [1.29, 1.82) is 0 Å². The molecule has 80 valence electrons. The third-order valence-electron chi connectivity index (χ3n) is 2.29. The van der Waals surface area contributed by atoms with Gasteiger partial charge in [0.15, 0.2) is 5.82 Å². The number of methoxy groups -OCH3 is 1. The number of benzene rings is 1. The van der Waals surface area contributed by atoms with Crippen molar-refractivity contribution in [3.8, 4) is 0 Å². The molecule has 2 rings (SSSR count). The van der Waals surface area contributed by atoms with Gasteiger partial charge in [0.1, 0.15) is 17.4 Å². The zero-order valence-electron chi connectivity index (χ0n) is 8.33. The molecule has 1 aromatic heterocycles. The van der Waals surface area contributed by atoms with Crippen LogP contribution in [0.25, 0.3) is 11.0 Å². The topological polar surface area (TPSA) is 63.9 Å². The van der Waals surface area contributed by atoms with Crippen LogP contribution in [0.1, 0.15) is 11.9 Å². The summed E-state index contributed by atoms with van der Waals surface area (Å²) in [5.41, 5.74) is 6.47. The van der Waals surface area contributed by atoms with E-state index in [9.17, 15) is 4.39 Å². The zero-order valence-corrected chi connectivity index (χ0v) is 8.33. The van der Waals surface area contributed by atoms with Crippen LogP contribution >= 0.6 is 0 Å². The molecule has 4 nitrogen and oxygen atoms in total. The number of halogens is 1. The van der Waals surface area contributed by atoms with Crippen molar-refractivity contribution in [3.63, 3.8) is 0 Å². The van der Waals surface area contributed by atoms with Crippen molar-refractivity contribution in [2.24, 2.45) is 5.73 Å². The maximum Gasteiger partial charge on any atom is 0.151 e. The lowest BCUT2D eigenvalue weighted by atomic mass is 10.3. The molecular weight excluding hydrogens is 197 g/mol. The van der Waals surface area contributed by atoms with E-state index in [0.717, 1.165) is 0 Å². The molecule has 5 heteroatoms. The number of H-pyrrole nitrogens is 1. The molecule has 15 heavy (non-hydrogen) atoms. The van der Waals surface area contributed by atoms with Gasteiger partial charge >= 0.3 is 0 Å². The van der Waals surface area contributed by atoms with Crippen LogP contribution in [0.2, 0.25) is 0 Å². The Morgan fingerprint density at radius 3 is 3.00 bits per heavy atom. The van der Waals surface area contributed by atoms with E-state index >= 15 is 0 Å². The van der Waals surface area contributed by atoms with Crippen molar-refractivity contribution in [2.45, 2.75) is 6.10 Å². The summed E-state index contributed by atoms with van der Waals surface area (Å²) in [5, 5.41) is 0. The van der Waals surface area contributed by atoms with E-state index < -0.39 is 0 Å². The smallest absolute Gasteiger partial charge is 0.151 e. The Bertz CT molecular complexity index is 465. The predicted octanol–water partition coefficient (Wildman–Crippen LogP) is 1.35. The minimum absolute atomic E-state index is 0.304. The summed E-state index contributed by atoms with van der Waals surface area (Å²) >= 11 is 0. The van der Waals surface area contributed by atoms with Gasteiger partial charge in [-0.3, -0.25) is 0 Å². The molecule has 3 N–H and O–H groups in total. The van der Waals surface area contributed by atoms with Gasteiger partial charge in [-0.2, -0.15) is 0 Å². The van der Waals surface area contributed by atoms with Crippen molar-refractivity contribution in [2.75, 3.05) is 13.7 Å². The first kappa shape index (κ1) is 10.1. The third kappa shape index (κ3) is 1.71. The van der Waals surface area contributed by atoms with Gasteiger partial charge in [0.05, 0.1) is 5.52 Å². The molecule has 0 radical (unpaired) electrons. The van der Waals surface area contributed by atoms with Crippen LogP contribution in [0.15, 0.2) is 18.2 Å². The van der Waals surface area contributed by atoms with E-state index in [0.29, 0.717) is 23.4 Å². The van der Waals surface area contributed by atoms with Crippen molar-refractivity contribution in [3.05, 3.63) is 29.8 Å². The molecule has 0 spiro atoms. The minimum Gasteiger partial charge on any atom is -0.372 e. The number of nitrogens with one attached hydrogen (secondary N) is 1. The molecule has 0 fully saturated rings. The van der Waals surface area contributed by atoms with Crippen molar-refractivity contribution < 1.29 is 9.13 Å². The minimum atomic E-state index is -0.345. The average Bonchev–Trinajstić information content (AvgIpc) is 2.65. The molecule has 1 aromatic carbocycles. The van der Waals surface area contributed by atoms with E-state index in [-0.39, 0.29) is 11.9 Å². The van der Waals surface area contributed by atoms with E-state index in [2.05, 4.69) is 9.97 Å². The number of ether oxygens (including phenoxy) is 1. The molecule has 0 saturated carbocycles. The molecule has 0 aliphatic carbocycles. The predicted molar refractivity (Wildman–Crippen MR) is 54.9 cm³/mol. The Labute approximate surface area is 86.3 Å². The fourth-order valence-corrected chi connectivity index (χ4v) is 1.49. The molecule has 1 heterocycles. The molecule has 0 bridgehead atoms. The fourth-order valence-electron chi connectivity index (χ4n) is 1.49. The zero-order chi connectivity index (χ0) is 10.8. The highest BCUT2D eigenvalue weighted by atomic mass is 19.1. The maximum atomic E-state index is 13.3. The summed E-state index contributed by atoms with van der Waals surface area (Å²) in [6.07, 6.45) is -0.322. The SMILES string of the molecule is COC(CN)c1nc2c(F)cccc2[nH]1. The van der Waals surface area contributed by atoms with Gasteiger partial charge in [-0.1, -0.05) is 6.07 Å². The van der Waals surface area contributed by atoms with Gasteiger partial charge in [0, 0.05) is 13.7 Å². The Kier molecular flexibility index (Phi) is 2.66. The number of nitrogens with two attached hydrogens (primary N) is 1. The maximum absolute atomic E-state index is 13.3. The van der Waals surface area contributed by atoms with E-state index in [1.54, 1.807) is 19.2 Å². The highest BCUT2D eigenvalue weighted by Crippen LogP contribution is 2.19. The molecule has 0 aliphatic heterocycles. The lowest BCUT2D eigenvalue weighted by molar-refractivity contribution is 0.104. The first-order chi connectivity index (χ1) is 7.26. The van der Waals surface area contributed by atoms with Gasteiger partial charge < -0.3 is 15.5 Å². The lowest BCUT2D eigenvalue weighted by Crippen LogP contribution is -2.15. The molecule has 0 aliphatic rings. The van der Waals surface area contributed by atoms with Crippen LogP contribution in [-0.2, 0) is 4.74 Å². The van der Waals surface area contributed by atoms with Crippen LogP contribution < -0.4 is 5.73 Å². The second-order valence-corrected chi connectivity index (χ2v) is 3.22. The Balaban J connectivity index is 2.51. The van der Waals surface area contributed by atoms with Gasteiger partial charge in [-0.05, 0) is 12.1 Å². The number of rotatable bonds is 3. The molecule has 0 saturated heterocycles. The third-order valence-corrected chi connectivity index (χ3v) is 2.29. The second-order valence-electron chi connectivity index (χ2n) is 3.22. The fraction of sp³-hybridized carbons (Fsp3) is 0.300. The normalized spacial score (nSPS) is 13.3. The van der Waals surface area contributed by atoms with E-state index in [1.807, 2.05) is 0 Å². The number of aromatic amines is 1. The Hall–Kier alpha value is -1.46. The van der Waals surface area contributed by atoms with Gasteiger partial charge in [-0.25, -0.2) is 9.37 Å². The van der Waals surface area contributed by atoms with Crippen LogP contribution in [0.3, 0.4) is 0 Å². The number of para-hydroxylation sites is 1. The Morgan fingerprint density at radius 2 is 2.40 bits per heavy atom. The van der Waals surface area contributed by atoms with Gasteiger partial charge in [0.2, 0.25) is 0 Å². The van der Waals surface area contributed by atoms with E-state index in [4.69, 9.17) is 10.5 Å². The van der Waals surface area contributed by atoms with Crippen LogP contribution in [0.5, 0.6) is 0 Å². The summed E-state index contributed by atoms with van der Waals surface area (Å²) in [7, 11) is 1.54. The summed E-state index contributed by atoms with van der Waals surface area (Å²) in [5.74, 6) is 0.210. The van der Waals surface area contributed by atoms with Crippen LogP contribution in [0.4, 0.5) is 4.39 Å². The lowest BCUT2D eigenvalue weighted by Gasteiger charge is -2.08. The Morgan fingerprint density at radius 1 is 1.60 bits per heavy atom. The highest BCUT2D eigenvalue weighted by molar-refractivity contribution is 5.75. The molecule has 1 atom stereocenters. The summed E-state index contributed by atoms with van der Waals surface area (Å²) in [6, 6.07) is 4.76. The van der Waals surface area contributed by atoms with Crippen molar-refractivity contribution in [1.82, 2.24) is 9.97 Å². The van der Waals surface area contributed by atoms with Gasteiger partial charge in [-0.15, -0.1) is 0 Å². The van der Waals surface area contributed by atoms with Crippen LogP contribution in [-0.4, -0.2) is 23.6 Å². The average molecular weight is 209 g/mol. The number of aromatic nitrogens is 2. The summed E-state index contributed by atoms with van der Waals surface area (Å²) in [4.78, 5) is 7.10. The standard InChI is InChI=1S/C10H12FN3O/c1-15-8(5-12)10-13-7-4-2-3-6(11)9(7)14-10/h2-4,8H,5,12H2,1H3,(H,13,14).